The Bertz CT molecular complexity index is 1260. The minimum atomic E-state index is -0.770. The van der Waals surface area contributed by atoms with Gasteiger partial charge < -0.3 is 4.57 Å². The zero-order chi connectivity index (χ0) is 22.3. The lowest BCUT2D eigenvalue weighted by Gasteiger charge is -2.26. The van der Waals surface area contributed by atoms with Crippen molar-refractivity contribution in [1.29, 1.82) is 0 Å². The van der Waals surface area contributed by atoms with Crippen molar-refractivity contribution in [2.75, 3.05) is 4.90 Å². The van der Waals surface area contributed by atoms with Crippen LogP contribution in [0.2, 0.25) is 0 Å². The first-order valence-corrected chi connectivity index (χ1v) is 11.0. The molecule has 1 saturated heterocycles. The maximum atomic E-state index is 13.1. The molecule has 1 fully saturated rings. The van der Waals surface area contributed by atoms with Crippen molar-refractivity contribution in [3.05, 3.63) is 86.1 Å². The topological polar surface area (TPSA) is 71.4 Å². The molecule has 0 radical (unpaired) electrons. The van der Waals surface area contributed by atoms with Crippen molar-refractivity contribution in [1.82, 2.24) is 9.88 Å². The summed E-state index contributed by atoms with van der Waals surface area (Å²) in [5, 5.41) is 2.26. The maximum Gasteiger partial charge on any atom is 0.335 e. The van der Waals surface area contributed by atoms with E-state index >= 15 is 0 Å². The number of amides is 4. The van der Waals surface area contributed by atoms with Crippen LogP contribution in [0.3, 0.4) is 0 Å². The minimum Gasteiger partial charge on any atom is -0.317 e. The number of para-hydroxylation sites is 1. The second kappa shape index (κ2) is 8.28. The summed E-state index contributed by atoms with van der Waals surface area (Å²) >= 11 is 6.90. The Hall–Kier alpha value is -2.97. The highest BCUT2D eigenvalue weighted by atomic mass is 79.9. The summed E-state index contributed by atoms with van der Waals surface area (Å²) in [6.45, 7) is 3.87. The van der Waals surface area contributed by atoms with Gasteiger partial charge in [-0.3, -0.25) is 14.9 Å². The summed E-state index contributed by atoms with van der Waals surface area (Å²) in [6.07, 6.45) is 1.53. The summed E-state index contributed by atoms with van der Waals surface area (Å²) in [5.74, 6) is -1.38. The number of carbonyl (C=O) groups excluding carboxylic acids is 3. The smallest absolute Gasteiger partial charge is 0.317 e. The molecule has 2 heterocycles. The third-order valence-electron chi connectivity index (χ3n) is 5.05. The van der Waals surface area contributed by atoms with E-state index in [0.717, 1.165) is 36.5 Å². The SMILES string of the molecule is Cc1cc(/C=C2\C(=O)NC(=O)N(c3ccc(Br)cc3)C2=O)c(C)n1-c1ccccc1Br. The number of aryl methyl sites for hydroxylation is 1. The largest absolute Gasteiger partial charge is 0.335 e. The number of hydrogen-bond acceptors (Lipinski definition) is 3. The fraction of sp³-hybridized carbons (Fsp3) is 0.0870. The summed E-state index contributed by atoms with van der Waals surface area (Å²) in [6, 6.07) is 15.7. The molecule has 0 unspecified atom stereocenters. The van der Waals surface area contributed by atoms with Crippen molar-refractivity contribution in [3.63, 3.8) is 0 Å². The molecule has 0 bridgehead atoms. The minimum absolute atomic E-state index is 0.102. The van der Waals surface area contributed by atoms with Crippen molar-refractivity contribution in [2.24, 2.45) is 0 Å². The molecular formula is C23H17Br2N3O3. The molecule has 156 valence electrons. The molecule has 0 spiro atoms. The molecule has 1 aliphatic heterocycles. The summed E-state index contributed by atoms with van der Waals surface area (Å²) in [5.41, 5.74) is 3.76. The monoisotopic (exact) mass is 541 g/mol. The summed E-state index contributed by atoms with van der Waals surface area (Å²) < 4.78 is 3.78. The van der Waals surface area contributed by atoms with Crippen LogP contribution >= 0.6 is 31.9 Å². The van der Waals surface area contributed by atoms with E-state index in [2.05, 4.69) is 37.2 Å². The number of hydrogen-bond donors (Lipinski definition) is 1. The third kappa shape index (κ3) is 3.88. The summed E-state index contributed by atoms with van der Waals surface area (Å²) in [4.78, 5) is 39.0. The van der Waals surface area contributed by atoms with Crippen LogP contribution in [0.25, 0.3) is 11.8 Å². The quantitative estimate of drug-likeness (QED) is 0.361. The molecule has 1 aliphatic rings. The third-order valence-corrected chi connectivity index (χ3v) is 6.25. The lowest BCUT2D eigenvalue weighted by molar-refractivity contribution is -0.122. The number of imide groups is 2. The highest BCUT2D eigenvalue weighted by Crippen LogP contribution is 2.29. The van der Waals surface area contributed by atoms with E-state index in [0.29, 0.717) is 5.69 Å². The maximum absolute atomic E-state index is 13.1. The molecule has 4 rings (SSSR count). The van der Waals surface area contributed by atoms with Gasteiger partial charge in [0.1, 0.15) is 5.57 Å². The number of aromatic nitrogens is 1. The van der Waals surface area contributed by atoms with Crippen LogP contribution < -0.4 is 10.2 Å². The molecule has 4 amide bonds. The first-order valence-electron chi connectivity index (χ1n) is 9.39. The van der Waals surface area contributed by atoms with Gasteiger partial charge in [0, 0.05) is 20.3 Å². The van der Waals surface area contributed by atoms with Crippen LogP contribution in [0.1, 0.15) is 17.0 Å². The number of barbiturate groups is 1. The Morgan fingerprint density at radius 2 is 1.61 bits per heavy atom. The molecule has 31 heavy (non-hydrogen) atoms. The van der Waals surface area contributed by atoms with E-state index < -0.39 is 17.8 Å². The van der Waals surface area contributed by atoms with Crippen LogP contribution in [-0.4, -0.2) is 22.4 Å². The number of urea groups is 1. The van der Waals surface area contributed by atoms with E-state index in [1.807, 2.05) is 48.7 Å². The highest BCUT2D eigenvalue weighted by molar-refractivity contribution is 9.10. The molecule has 3 aromatic rings. The lowest BCUT2D eigenvalue weighted by atomic mass is 10.1. The molecule has 2 aromatic carbocycles. The van der Waals surface area contributed by atoms with Crippen molar-refractivity contribution >= 4 is 61.5 Å². The van der Waals surface area contributed by atoms with Crippen molar-refractivity contribution < 1.29 is 14.4 Å². The van der Waals surface area contributed by atoms with E-state index in [1.54, 1.807) is 24.3 Å². The van der Waals surface area contributed by atoms with Crippen LogP contribution in [0.4, 0.5) is 10.5 Å². The van der Waals surface area contributed by atoms with Gasteiger partial charge in [-0.05, 0) is 83.9 Å². The Balaban J connectivity index is 1.77. The number of halogens is 2. The molecule has 1 aromatic heterocycles. The van der Waals surface area contributed by atoms with Gasteiger partial charge in [-0.1, -0.05) is 28.1 Å². The van der Waals surface area contributed by atoms with Gasteiger partial charge >= 0.3 is 6.03 Å². The predicted molar refractivity (Wildman–Crippen MR) is 126 cm³/mol. The molecule has 8 heteroatoms. The second-order valence-electron chi connectivity index (χ2n) is 7.05. The lowest BCUT2D eigenvalue weighted by Crippen LogP contribution is -2.54. The zero-order valence-corrected chi connectivity index (χ0v) is 19.8. The average Bonchev–Trinajstić information content (AvgIpc) is 3.00. The van der Waals surface area contributed by atoms with Crippen molar-refractivity contribution in [3.8, 4) is 5.69 Å². The number of anilines is 1. The van der Waals surface area contributed by atoms with Gasteiger partial charge in [-0.15, -0.1) is 0 Å². The average molecular weight is 543 g/mol. The molecule has 0 saturated carbocycles. The molecule has 0 aliphatic carbocycles. The van der Waals surface area contributed by atoms with Crippen LogP contribution in [0, 0.1) is 13.8 Å². The molecule has 0 atom stereocenters. The number of nitrogens with one attached hydrogen (secondary N) is 1. The second-order valence-corrected chi connectivity index (χ2v) is 8.82. The predicted octanol–water partition coefficient (Wildman–Crippen LogP) is 5.29. The normalized spacial score (nSPS) is 15.5. The molecule has 6 nitrogen and oxygen atoms in total. The van der Waals surface area contributed by atoms with Crippen molar-refractivity contribution in [2.45, 2.75) is 13.8 Å². The standard InChI is InChI=1S/C23H17Br2N3O3/c1-13-11-15(14(2)27(13)20-6-4-3-5-19(20)25)12-18-21(29)26-23(31)28(22(18)30)17-9-7-16(24)8-10-17/h3-12H,1-2H3,(H,26,29,31)/b18-12+. The molecule has 1 N–H and O–H groups in total. The first-order chi connectivity index (χ1) is 14.8. The van der Waals surface area contributed by atoms with Crippen LogP contribution in [-0.2, 0) is 9.59 Å². The molecular weight excluding hydrogens is 526 g/mol. The van der Waals surface area contributed by atoms with E-state index in [1.165, 1.54) is 6.08 Å². The van der Waals surface area contributed by atoms with Gasteiger partial charge in [-0.25, -0.2) is 9.69 Å². The van der Waals surface area contributed by atoms with E-state index in [9.17, 15) is 14.4 Å². The van der Waals surface area contributed by atoms with Gasteiger partial charge in [0.15, 0.2) is 0 Å². The zero-order valence-electron chi connectivity index (χ0n) is 16.6. The highest BCUT2D eigenvalue weighted by Gasteiger charge is 2.37. The Labute approximate surface area is 195 Å². The van der Waals surface area contributed by atoms with Crippen LogP contribution in [0.5, 0.6) is 0 Å². The van der Waals surface area contributed by atoms with E-state index in [4.69, 9.17) is 0 Å². The number of carbonyl (C=O) groups is 3. The Kier molecular flexibility index (Phi) is 5.68. The van der Waals surface area contributed by atoms with Gasteiger partial charge in [0.25, 0.3) is 11.8 Å². The van der Waals surface area contributed by atoms with Gasteiger partial charge in [0.2, 0.25) is 0 Å². The number of rotatable bonds is 3. The Morgan fingerprint density at radius 3 is 2.29 bits per heavy atom. The number of benzene rings is 2. The van der Waals surface area contributed by atoms with Gasteiger partial charge in [-0.2, -0.15) is 0 Å². The Morgan fingerprint density at radius 1 is 0.935 bits per heavy atom. The number of nitrogens with zero attached hydrogens (tertiary/aromatic N) is 2. The summed E-state index contributed by atoms with van der Waals surface area (Å²) in [7, 11) is 0. The van der Waals surface area contributed by atoms with Gasteiger partial charge in [0.05, 0.1) is 11.4 Å². The fourth-order valence-corrected chi connectivity index (χ4v) is 4.30. The van der Waals surface area contributed by atoms with E-state index in [-0.39, 0.29) is 5.57 Å². The van der Waals surface area contributed by atoms with Crippen LogP contribution in [0.15, 0.2) is 69.1 Å². The fourth-order valence-electron chi connectivity index (χ4n) is 3.58. The first kappa shape index (κ1) is 21.3.